The predicted molar refractivity (Wildman–Crippen MR) is 154 cm³/mol. The fraction of sp³-hybridized carbons (Fsp3) is 0.548. The number of benzene rings is 2. The van der Waals surface area contributed by atoms with Crippen LogP contribution >= 0.6 is 0 Å². The third-order valence-corrected chi connectivity index (χ3v) is 8.38. The molecule has 1 saturated carbocycles. The van der Waals surface area contributed by atoms with E-state index in [1.165, 1.54) is 43.4 Å². The molecular weight excluding hydrogens is 491 g/mol. The second-order valence-corrected chi connectivity index (χ2v) is 11.2. The molecule has 2 saturated heterocycles. The van der Waals surface area contributed by atoms with Gasteiger partial charge in [-0.2, -0.15) is 5.26 Å². The molecule has 0 spiro atoms. The van der Waals surface area contributed by atoms with Gasteiger partial charge in [-0.05, 0) is 92.4 Å². The standard InChI is InChI=1S/C31H41FN6O/c32-27-9-7-24(8-10-27)20-25-4-3-15-37(21-25)22-26-5-1-2-6-30(26)36-31(34-23-33)35-28-11-13-29(14-12-28)38-16-18-39-19-17-38/h7-14,25-26,30H,1-6,15-22H2,(H2,34,35,36)/t25-,26-,30+/m0/s1. The maximum Gasteiger partial charge on any atom is 0.209 e. The number of hydrogen-bond acceptors (Lipinski definition) is 5. The quantitative estimate of drug-likeness (QED) is 0.226. The second-order valence-electron chi connectivity index (χ2n) is 11.2. The van der Waals surface area contributed by atoms with Crippen molar-refractivity contribution in [1.82, 2.24) is 10.2 Å². The molecule has 1 aliphatic carbocycles. The third kappa shape index (κ3) is 7.93. The first-order valence-electron chi connectivity index (χ1n) is 14.6. The van der Waals surface area contributed by atoms with Gasteiger partial charge < -0.3 is 19.9 Å². The lowest BCUT2D eigenvalue weighted by molar-refractivity contribution is 0.122. The first-order chi connectivity index (χ1) is 19.2. The Kier molecular flexibility index (Phi) is 9.68. The van der Waals surface area contributed by atoms with Crippen LogP contribution in [0.5, 0.6) is 0 Å². The molecule has 0 unspecified atom stereocenters. The van der Waals surface area contributed by atoms with Gasteiger partial charge in [0.1, 0.15) is 5.82 Å². The lowest BCUT2D eigenvalue weighted by Gasteiger charge is -2.38. The van der Waals surface area contributed by atoms with Gasteiger partial charge in [-0.3, -0.25) is 5.32 Å². The highest BCUT2D eigenvalue weighted by atomic mass is 19.1. The third-order valence-electron chi connectivity index (χ3n) is 8.38. The van der Waals surface area contributed by atoms with Crippen LogP contribution in [-0.2, 0) is 11.2 Å². The highest BCUT2D eigenvalue weighted by Gasteiger charge is 2.29. The van der Waals surface area contributed by atoms with Gasteiger partial charge in [0.2, 0.25) is 5.96 Å². The molecule has 0 amide bonds. The van der Waals surface area contributed by atoms with Crippen molar-refractivity contribution in [1.29, 1.82) is 5.26 Å². The summed E-state index contributed by atoms with van der Waals surface area (Å²) in [5.41, 5.74) is 3.32. The Morgan fingerprint density at radius 2 is 1.74 bits per heavy atom. The van der Waals surface area contributed by atoms with Crippen molar-refractivity contribution in [2.75, 3.05) is 56.2 Å². The molecular formula is C31H41FN6O. The van der Waals surface area contributed by atoms with Gasteiger partial charge in [0.05, 0.1) is 19.3 Å². The first kappa shape index (κ1) is 27.4. The summed E-state index contributed by atoms with van der Waals surface area (Å²) in [6.07, 6.45) is 10.1. The lowest BCUT2D eigenvalue weighted by atomic mass is 9.83. The number of nitrogens with one attached hydrogen (secondary N) is 2. The summed E-state index contributed by atoms with van der Waals surface area (Å²) in [5.74, 6) is 1.44. The van der Waals surface area contributed by atoms with Crippen LogP contribution in [0.25, 0.3) is 0 Å². The summed E-state index contributed by atoms with van der Waals surface area (Å²) in [5, 5.41) is 15.6. The first-order valence-corrected chi connectivity index (χ1v) is 14.6. The van der Waals surface area contributed by atoms with Crippen LogP contribution in [0.15, 0.2) is 53.5 Å². The Bertz CT molecular complexity index is 1110. The smallest absolute Gasteiger partial charge is 0.209 e. The number of ether oxygens (including phenoxy) is 1. The normalized spacial score (nSPS) is 24.7. The van der Waals surface area contributed by atoms with Crippen molar-refractivity contribution < 1.29 is 9.13 Å². The van der Waals surface area contributed by atoms with Gasteiger partial charge in [-0.25, -0.2) is 9.38 Å². The number of halogens is 1. The zero-order valence-corrected chi connectivity index (χ0v) is 22.8. The molecule has 0 aromatic heterocycles. The molecule has 7 nitrogen and oxygen atoms in total. The zero-order chi connectivity index (χ0) is 26.9. The van der Waals surface area contributed by atoms with Gasteiger partial charge in [0.25, 0.3) is 0 Å². The SMILES string of the molecule is N#CNC(=N[C@@H]1CCCC[C@H]1CN1CCC[C@@H](Cc2ccc(F)cc2)C1)Nc1ccc(N2CCOCC2)cc1. The van der Waals surface area contributed by atoms with Gasteiger partial charge in [-0.1, -0.05) is 25.0 Å². The van der Waals surface area contributed by atoms with Crippen molar-refractivity contribution in [3.63, 3.8) is 0 Å². The number of nitriles is 1. The molecule has 0 bridgehead atoms. The highest BCUT2D eigenvalue weighted by molar-refractivity contribution is 5.94. The fourth-order valence-electron chi connectivity index (χ4n) is 6.37. The average molecular weight is 533 g/mol. The molecule has 2 N–H and O–H groups in total. The van der Waals surface area contributed by atoms with E-state index < -0.39 is 0 Å². The number of hydrogen-bond donors (Lipinski definition) is 2. The Hall–Kier alpha value is -3.15. The number of morpholine rings is 1. The topological polar surface area (TPSA) is 75.9 Å². The van der Waals surface area contributed by atoms with E-state index in [1.807, 2.05) is 24.3 Å². The molecule has 2 aliphatic heterocycles. The number of anilines is 2. The summed E-state index contributed by atoms with van der Waals surface area (Å²) in [7, 11) is 0. The Morgan fingerprint density at radius 3 is 2.51 bits per heavy atom. The van der Waals surface area contributed by atoms with E-state index >= 15 is 0 Å². The summed E-state index contributed by atoms with van der Waals surface area (Å²) < 4.78 is 18.8. The Labute approximate surface area is 232 Å². The lowest BCUT2D eigenvalue weighted by Crippen LogP contribution is -2.43. The van der Waals surface area contributed by atoms with E-state index in [-0.39, 0.29) is 11.9 Å². The number of rotatable bonds is 7. The molecule has 2 aromatic rings. The molecule has 208 valence electrons. The average Bonchev–Trinajstić information content (AvgIpc) is 2.97. The van der Waals surface area contributed by atoms with Crippen LogP contribution in [0, 0.1) is 29.1 Å². The van der Waals surface area contributed by atoms with Crippen molar-refractivity contribution in [2.24, 2.45) is 16.8 Å². The summed E-state index contributed by atoms with van der Waals surface area (Å²) in [6, 6.07) is 15.5. The molecule has 8 heteroatoms. The van der Waals surface area contributed by atoms with Gasteiger partial charge in [0.15, 0.2) is 6.19 Å². The van der Waals surface area contributed by atoms with Crippen LogP contribution in [-0.4, -0.2) is 62.8 Å². The van der Waals surface area contributed by atoms with Gasteiger partial charge >= 0.3 is 0 Å². The second kappa shape index (κ2) is 13.8. The number of nitrogens with zero attached hydrogens (tertiary/aromatic N) is 4. The number of piperidine rings is 1. The van der Waals surface area contributed by atoms with Gasteiger partial charge in [-0.15, -0.1) is 0 Å². The summed E-state index contributed by atoms with van der Waals surface area (Å²) in [6.45, 7) is 6.59. The molecule has 3 fully saturated rings. The minimum atomic E-state index is -0.169. The van der Waals surface area contributed by atoms with Crippen LogP contribution in [0.2, 0.25) is 0 Å². The van der Waals surface area contributed by atoms with Crippen molar-refractivity contribution in [3.05, 3.63) is 59.9 Å². The van der Waals surface area contributed by atoms with Crippen LogP contribution in [0.1, 0.15) is 44.1 Å². The summed E-state index contributed by atoms with van der Waals surface area (Å²) >= 11 is 0. The van der Waals surface area contributed by atoms with Crippen LogP contribution < -0.4 is 15.5 Å². The Morgan fingerprint density at radius 1 is 0.974 bits per heavy atom. The van der Waals surface area contributed by atoms with E-state index in [0.717, 1.165) is 64.5 Å². The monoisotopic (exact) mass is 532 g/mol. The van der Waals surface area contributed by atoms with Crippen molar-refractivity contribution in [3.8, 4) is 6.19 Å². The van der Waals surface area contributed by atoms with E-state index in [2.05, 4.69) is 38.8 Å². The minimum absolute atomic E-state index is 0.169. The van der Waals surface area contributed by atoms with E-state index in [0.29, 0.717) is 17.8 Å². The van der Waals surface area contributed by atoms with Gasteiger partial charge in [0, 0.05) is 37.6 Å². The van der Waals surface area contributed by atoms with E-state index in [4.69, 9.17) is 9.73 Å². The molecule has 2 heterocycles. The van der Waals surface area contributed by atoms with Crippen molar-refractivity contribution in [2.45, 2.75) is 51.0 Å². The predicted octanol–water partition coefficient (Wildman–Crippen LogP) is 5.01. The highest BCUT2D eigenvalue weighted by Crippen LogP contribution is 2.30. The number of guanidine groups is 1. The maximum absolute atomic E-state index is 13.3. The van der Waals surface area contributed by atoms with E-state index in [1.54, 1.807) is 12.1 Å². The molecule has 3 atom stereocenters. The largest absolute Gasteiger partial charge is 0.378 e. The summed E-state index contributed by atoms with van der Waals surface area (Å²) in [4.78, 5) is 10.0. The number of aliphatic imine (C=N–C) groups is 1. The van der Waals surface area contributed by atoms with Crippen molar-refractivity contribution >= 4 is 17.3 Å². The van der Waals surface area contributed by atoms with Crippen LogP contribution in [0.4, 0.5) is 15.8 Å². The van der Waals surface area contributed by atoms with Crippen LogP contribution in [0.3, 0.4) is 0 Å². The molecule has 39 heavy (non-hydrogen) atoms. The minimum Gasteiger partial charge on any atom is -0.378 e. The molecule has 3 aliphatic rings. The number of likely N-dealkylation sites (tertiary alicyclic amines) is 1. The fourth-order valence-corrected chi connectivity index (χ4v) is 6.37. The molecule has 0 radical (unpaired) electrons. The maximum atomic E-state index is 13.3. The Balaban J connectivity index is 1.20. The molecule has 2 aromatic carbocycles. The van der Waals surface area contributed by atoms with E-state index in [9.17, 15) is 9.65 Å². The zero-order valence-electron chi connectivity index (χ0n) is 22.8. The molecule has 5 rings (SSSR count).